The van der Waals surface area contributed by atoms with Crippen LogP contribution in [0.1, 0.15) is 38.7 Å². The third-order valence-electron chi connectivity index (χ3n) is 4.82. The van der Waals surface area contributed by atoms with Crippen LogP contribution in [-0.2, 0) is 16.6 Å². The highest BCUT2D eigenvalue weighted by molar-refractivity contribution is 14.0. The van der Waals surface area contributed by atoms with Crippen LogP contribution in [0.25, 0.3) is 0 Å². The highest BCUT2D eigenvalue weighted by Crippen LogP contribution is 2.28. The van der Waals surface area contributed by atoms with Gasteiger partial charge >= 0.3 is 0 Å². The van der Waals surface area contributed by atoms with Crippen molar-refractivity contribution in [1.29, 1.82) is 0 Å². The molecule has 26 heavy (non-hydrogen) atoms. The molecule has 2 aliphatic rings. The Morgan fingerprint density at radius 3 is 2.38 bits per heavy atom. The SMILES string of the molecule is CCNC(=NCc1ccc(S(=O)(=O)N2CCCC2)cc1)NC1CC1C.I. The number of aliphatic imine (C=N–C) groups is 1. The summed E-state index contributed by atoms with van der Waals surface area (Å²) in [6, 6.07) is 7.63. The highest BCUT2D eigenvalue weighted by atomic mass is 127. The topological polar surface area (TPSA) is 73.8 Å². The van der Waals surface area contributed by atoms with Gasteiger partial charge in [-0.3, -0.25) is 0 Å². The zero-order valence-electron chi connectivity index (χ0n) is 15.4. The Bertz CT molecular complexity index is 715. The van der Waals surface area contributed by atoms with Gasteiger partial charge in [0.1, 0.15) is 0 Å². The van der Waals surface area contributed by atoms with E-state index < -0.39 is 10.0 Å². The number of guanidine groups is 1. The van der Waals surface area contributed by atoms with Crippen molar-refractivity contribution in [2.45, 2.75) is 50.6 Å². The third kappa shape index (κ3) is 5.32. The normalized spacial score (nSPS) is 23.4. The number of halogens is 1. The van der Waals surface area contributed by atoms with E-state index in [-0.39, 0.29) is 24.0 Å². The van der Waals surface area contributed by atoms with Gasteiger partial charge in [0.2, 0.25) is 10.0 Å². The molecule has 1 saturated carbocycles. The largest absolute Gasteiger partial charge is 0.357 e. The lowest BCUT2D eigenvalue weighted by Gasteiger charge is -2.15. The van der Waals surface area contributed by atoms with E-state index in [0.29, 0.717) is 36.5 Å². The van der Waals surface area contributed by atoms with Crippen LogP contribution in [0.2, 0.25) is 0 Å². The summed E-state index contributed by atoms with van der Waals surface area (Å²) in [5, 5.41) is 6.67. The second kappa shape index (κ2) is 9.36. The molecule has 0 aromatic heterocycles. The molecule has 6 nitrogen and oxygen atoms in total. The Balaban J connectivity index is 0.00000243. The van der Waals surface area contributed by atoms with Gasteiger partial charge in [0.15, 0.2) is 5.96 Å². The summed E-state index contributed by atoms with van der Waals surface area (Å²) in [7, 11) is -3.34. The summed E-state index contributed by atoms with van der Waals surface area (Å²) in [6.45, 7) is 6.88. The Morgan fingerprint density at radius 2 is 1.85 bits per heavy atom. The number of benzene rings is 1. The molecule has 1 aromatic rings. The van der Waals surface area contributed by atoms with Crippen LogP contribution in [0.4, 0.5) is 0 Å². The molecule has 1 aliphatic heterocycles. The van der Waals surface area contributed by atoms with Crippen molar-refractivity contribution in [2.75, 3.05) is 19.6 Å². The molecule has 146 valence electrons. The van der Waals surface area contributed by atoms with Gasteiger partial charge in [-0.15, -0.1) is 24.0 Å². The molecule has 3 rings (SSSR count). The summed E-state index contributed by atoms with van der Waals surface area (Å²) in [4.78, 5) is 4.98. The molecular formula is C18H29IN4O2S. The van der Waals surface area contributed by atoms with Crippen LogP contribution in [-0.4, -0.2) is 44.4 Å². The molecule has 2 N–H and O–H groups in total. The van der Waals surface area contributed by atoms with Crippen molar-refractivity contribution in [2.24, 2.45) is 10.9 Å². The number of nitrogens with zero attached hydrogens (tertiary/aromatic N) is 2. The van der Waals surface area contributed by atoms with Crippen LogP contribution in [0.15, 0.2) is 34.2 Å². The van der Waals surface area contributed by atoms with Crippen LogP contribution in [0.3, 0.4) is 0 Å². The summed E-state index contributed by atoms with van der Waals surface area (Å²) >= 11 is 0. The molecule has 2 atom stereocenters. The fourth-order valence-electron chi connectivity index (χ4n) is 3.03. The van der Waals surface area contributed by atoms with Crippen LogP contribution >= 0.6 is 24.0 Å². The maximum absolute atomic E-state index is 12.5. The standard InChI is InChI=1S/C18H28N4O2S.HI/c1-3-19-18(21-17-12-14(17)2)20-13-15-6-8-16(9-7-15)25(23,24)22-10-4-5-11-22;/h6-9,14,17H,3-5,10-13H2,1-2H3,(H2,19,20,21);1H. The molecule has 1 aliphatic carbocycles. The van der Waals surface area contributed by atoms with Gasteiger partial charge in [0.25, 0.3) is 0 Å². The number of hydrogen-bond donors (Lipinski definition) is 2. The van der Waals surface area contributed by atoms with Gasteiger partial charge in [0, 0.05) is 25.7 Å². The van der Waals surface area contributed by atoms with E-state index in [9.17, 15) is 8.42 Å². The average Bonchev–Trinajstić information content (AvgIpc) is 3.05. The van der Waals surface area contributed by atoms with Crippen LogP contribution in [0.5, 0.6) is 0 Å². The van der Waals surface area contributed by atoms with E-state index in [2.05, 4.69) is 22.5 Å². The quantitative estimate of drug-likeness (QED) is 0.364. The van der Waals surface area contributed by atoms with E-state index >= 15 is 0 Å². The number of sulfonamides is 1. The Morgan fingerprint density at radius 1 is 1.23 bits per heavy atom. The second-order valence-corrected chi connectivity index (χ2v) is 8.85. The minimum atomic E-state index is -3.34. The first-order chi connectivity index (χ1) is 12.0. The first-order valence-corrected chi connectivity index (χ1v) is 10.6. The first kappa shape index (κ1) is 21.4. The molecule has 1 aromatic carbocycles. The predicted molar refractivity (Wildman–Crippen MR) is 115 cm³/mol. The summed E-state index contributed by atoms with van der Waals surface area (Å²) in [6.07, 6.45) is 3.09. The maximum atomic E-state index is 12.5. The van der Waals surface area contributed by atoms with Gasteiger partial charge in [-0.2, -0.15) is 4.31 Å². The minimum absolute atomic E-state index is 0. The first-order valence-electron chi connectivity index (χ1n) is 9.14. The summed E-state index contributed by atoms with van der Waals surface area (Å²) in [5.41, 5.74) is 1.00. The monoisotopic (exact) mass is 492 g/mol. The average molecular weight is 492 g/mol. The van der Waals surface area contributed by atoms with Gasteiger partial charge in [-0.1, -0.05) is 19.1 Å². The molecule has 8 heteroatoms. The fourth-order valence-corrected chi connectivity index (χ4v) is 4.55. The zero-order chi connectivity index (χ0) is 17.9. The van der Waals surface area contributed by atoms with Crippen LogP contribution < -0.4 is 10.6 Å². The van der Waals surface area contributed by atoms with Gasteiger partial charge in [-0.25, -0.2) is 13.4 Å². The van der Waals surface area contributed by atoms with Crippen molar-refractivity contribution in [3.8, 4) is 0 Å². The van der Waals surface area contributed by atoms with E-state index in [0.717, 1.165) is 30.9 Å². The van der Waals surface area contributed by atoms with Crippen molar-refractivity contribution < 1.29 is 8.42 Å². The van der Waals surface area contributed by atoms with E-state index in [1.807, 2.05) is 19.1 Å². The molecule has 0 bridgehead atoms. The van der Waals surface area contributed by atoms with Crippen molar-refractivity contribution in [1.82, 2.24) is 14.9 Å². The van der Waals surface area contributed by atoms with Gasteiger partial charge in [0.05, 0.1) is 11.4 Å². The lowest BCUT2D eigenvalue weighted by atomic mass is 10.2. The summed E-state index contributed by atoms with van der Waals surface area (Å²) < 4.78 is 26.6. The van der Waals surface area contributed by atoms with Crippen molar-refractivity contribution >= 4 is 40.0 Å². The van der Waals surface area contributed by atoms with E-state index in [1.165, 1.54) is 6.42 Å². The Hall–Kier alpha value is -0.870. The number of rotatable bonds is 6. The van der Waals surface area contributed by atoms with E-state index in [4.69, 9.17) is 0 Å². The summed E-state index contributed by atoms with van der Waals surface area (Å²) in [5.74, 6) is 1.53. The zero-order valence-corrected chi connectivity index (χ0v) is 18.6. The number of hydrogen-bond acceptors (Lipinski definition) is 3. The second-order valence-electron chi connectivity index (χ2n) is 6.91. The van der Waals surface area contributed by atoms with Gasteiger partial charge < -0.3 is 10.6 Å². The highest BCUT2D eigenvalue weighted by Gasteiger charge is 2.33. The molecule has 1 saturated heterocycles. The predicted octanol–water partition coefficient (Wildman–Crippen LogP) is 2.55. The molecule has 2 unspecified atom stereocenters. The molecule has 1 heterocycles. The molecular weight excluding hydrogens is 463 g/mol. The molecule has 0 amide bonds. The minimum Gasteiger partial charge on any atom is -0.357 e. The van der Waals surface area contributed by atoms with Crippen LogP contribution in [0, 0.1) is 5.92 Å². The van der Waals surface area contributed by atoms with Crippen molar-refractivity contribution in [3.63, 3.8) is 0 Å². The third-order valence-corrected chi connectivity index (χ3v) is 6.73. The van der Waals surface area contributed by atoms with Crippen molar-refractivity contribution in [3.05, 3.63) is 29.8 Å². The number of nitrogens with one attached hydrogen (secondary N) is 2. The Labute approximate surface area is 173 Å². The van der Waals surface area contributed by atoms with E-state index in [1.54, 1.807) is 16.4 Å². The maximum Gasteiger partial charge on any atom is 0.243 e. The smallest absolute Gasteiger partial charge is 0.243 e. The molecule has 0 radical (unpaired) electrons. The fraction of sp³-hybridized carbons (Fsp3) is 0.611. The van der Waals surface area contributed by atoms with Gasteiger partial charge in [-0.05, 0) is 49.8 Å². The lowest BCUT2D eigenvalue weighted by Crippen LogP contribution is -2.39. The lowest BCUT2D eigenvalue weighted by molar-refractivity contribution is 0.477. The molecule has 0 spiro atoms. The Kier molecular flexibility index (Phi) is 7.72. The molecule has 2 fully saturated rings.